The van der Waals surface area contributed by atoms with E-state index in [1.54, 1.807) is 6.08 Å². The predicted octanol–water partition coefficient (Wildman–Crippen LogP) is 8.99. The summed E-state index contributed by atoms with van der Waals surface area (Å²) in [5, 5.41) is 2.64. The summed E-state index contributed by atoms with van der Waals surface area (Å²) in [7, 11) is 2.18. The first-order valence-electron chi connectivity index (χ1n) is 15.3. The smallest absolute Gasteiger partial charge is 0.178 e. The van der Waals surface area contributed by atoms with Crippen molar-refractivity contribution < 1.29 is 4.79 Å². The molecule has 3 rings (SSSR count). The highest BCUT2D eigenvalue weighted by molar-refractivity contribution is 7.02. The van der Waals surface area contributed by atoms with Crippen molar-refractivity contribution in [2.24, 2.45) is 4.99 Å². The molecule has 0 spiro atoms. The van der Waals surface area contributed by atoms with Gasteiger partial charge in [0.15, 0.2) is 5.78 Å². The maximum atomic E-state index is 12.3. The molecule has 3 nitrogen and oxygen atoms in total. The Kier molecular flexibility index (Phi) is 12.4. The van der Waals surface area contributed by atoms with Gasteiger partial charge in [-0.15, -0.1) is 0 Å². The third kappa shape index (κ3) is 8.80. The Labute approximate surface area is 228 Å². The van der Waals surface area contributed by atoms with E-state index in [9.17, 15) is 4.79 Å². The van der Waals surface area contributed by atoms with Crippen LogP contribution in [-0.4, -0.2) is 33.7 Å². The average molecular weight is 521 g/mol. The second-order valence-corrected chi connectivity index (χ2v) is 16.0. The molecular formula is C33H52N2OSi. The lowest BCUT2D eigenvalue weighted by atomic mass is 10.0. The van der Waals surface area contributed by atoms with Gasteiger partial charge in [-0.2, -0.15) is 0 Å². The van der Waals surface area contributed by atoms with Crippen molar-refractivity contribution in [1.82, 2.24) is 0 Å². The molecule has 0 radical (unpaired) electrons. The Hall–Kier alpha value is -1.94. The van der Waals surface area contributed by atoms with E-state index in [4.69, 9.17) is 4.99 Å². The normalized spacial score (nSPS) is 18.3. The number of hydrogen-bond acceptors (Lipinski definition) is 3. The molecule has 1 aromatic rings. The van der Waals surface area contributed by atoms with E-state index in [1.165, 1.54) is 125 Å². The molecule has 1 aliphatic heterocycles. The van der Waals surface area contributed by atoms with Gasteiger partial charge in [-0.05, 0) is 52.9 Å². The number of ketones is 1. The van der Waals surface area contributed by atoms with Crippen LogP contribution in [0.5, 0.6) is 0 Å². The van der Waals surface area contributed by atoms with Crippen LogP contribution in [0.3, 0.4) is 0 Å². The summed E-state index contributed by atoms with van der Waals surface area (Å²) in [4.78, 5) is 19.4. The number of hydrogen-bond donors (Lipinski definition) is 0. The molecule has 4 heteroatoms. The van der Waals surface area contributed by atoms with E-state index >= 15 is 0 Å². The van der Waals surface area contributed by atoms with Crippen LogP contribution in [0.25, 0.3) is 0 Å². The first-order valence-corrected chi connectivity index (χ1v) is 18.0. The van der Waals surface area contributed by atoms with Crippen LogP contribution >= 0.6 is 0 Å². The summed E-state index contributed by atoms with van der Waals surface area (Å²) < 4.78 is 0. The lowest BCUT2D eigenvalue weighted by molar-refractivity contribution is -0.110. The fraction of sp³-hybridized carbons (Fsp3) is 0.636. The first-order chi connectivity index (χ1) is 18.0. The zero-order valence-electron chi connectivity index (χ0n) is 24.3. The maximum Gasteiger partial charge on any atom is 0.178 e. The molecule has 0 amide bonds. The number of fused-ring (bicyclic) bond motifs is 2. The molecule has 0 N–H and O–H groups in total. The highest BCUT2D eigenvalue weighted by Crippen LogP contribution is 2.35. The Balaban J connectivity index is 1.38. The third-order valence-electron chi connectivity index (χ3n) is 8.42. The summed E-state index contributed by atoms with van der Waals surface area (Å²) in [5.41, 5.74) is 3.36. The zero-order chi connectivity index (χ0) is 26.5. The molecule has 1 atom stereocenters. The van der Waals surface area contributed by atoms with Gasteiger partial charge in [0, 0.05) is 19.8 Å². The van der Waals surface area contributed by atoms with Crippen molar-refractivity contribution in [3.8, 4) is 0 Å². The predicted molar refractivity (Wildman–Crippen MR) is 166 cm³/mol. The highest BCUT2D eigenvalue weighted by atomic mass is 28.3. The van der Waals surface area contributed by atoms with Crippen molar-refractivity contribution in [2.75, 3.05) is 19.0 Å². The summed E-state index contributed by atoms with van der Waals surface area (Å²) >= 11 is 0. The van der Waals surface area contributed by atoms with Crippen LogP contribution in [0.4, 0.5) is 11.4 Å². The SMILES string of the molecule is CCCCCCCCCCCCCCCCCC[Si]1(C)C2=CC(=O)C=CC2=Nc2ccc(N(C)C)cc21. The van der Waals surface area contributed by atoms with Gasteiger partial charge in [0.05, 0.1) is 11.4 Å². The number of aliphatic imine (C=N–C) groups is 1. The van der Waals surface area contributed by atoms with Crippen molar-refractivity contribution in [3.05, 3.63) is 41.6 Å². The summed E-state index contributed by atoms with van der Waals surface area (Å²) in [6.07, 6.45) is 27.8. The summed E-state index contributed by atoms with van der Waals surface area (Å²) in [6, 6.07) is 7.88. The molecule has 2 aliphatic rings. The van der Waals surface area contributed by atoms with Crippen molar-refractivity contribution in [1.29, 1.82) is 0 Å². The van der Waals surface area contributed by atoms with Gasteiger partial charge in [-0.1, -0.05) is 116 Å². The molecule has 37 heavy (non-hydrogen) atoms. The largest absolute Gasteiger partial charge is 0.378 e. The zero-order valence-corrected chi connectivity index (χ0v) is 25.3. The van der Waals surface area contributed by atoms with E-state index in [0.29, 0.717) is 0 Å². The van der Waals surface area contributed by atoms with Gasteiger partial charge in [-0.25, -0.2) is 4.99 Å². The van der Waals surface area contributed by atoms with Gasteiger partial charge in [-0.3, -0.25) is 4.79 Å². The van der Waals surface area contributed by atoms with Crippen LogP contribution in [0, 0.1) is 0 Å². The molecular weight excluding hydrogens is 468 g/mol. The van der Waals surface area contributed by atoms with Crippen molar-refractivity contribution >= 4 is 36.1 Å². The first kappa shape index (κ1) is 29.6. The monoisotopic (exact) mass is 520 g/mol. The number of rotatable bonds is 18. The Morgan fingerprint density at radius 3 is 1.84 bits per heavy atom. The van der Waals surface area contributed by atoms with Crippen LogP contribution in [0.1, 0.15) is 110 Å². The van der Waals surface area contributed by atoms with Crippen LogP contribution in [-0.2, 0) is 4.79 Å². The number of allylic oxidation sites excluding steroid dienone is 4. The molecule has 1 aliphatic carbocycles. The molecule has 204 valence electrons. The van der Waals surface area contributed by atoms with Gasteiger partial charge in [0.2, 0.25) is 0 Å². The number of nitrogens with zero attached hydrogens (tertiary/aromatic N) is 2. The fourth-order valence-electron chi connectivity index (χ4n) is 5.97. The van der Waals surface area contributed by atoms with E-state index < -0.39 is 8.07 Å². The van der Waals surface area contributed by atoms with Crippen LogP contribution in [0.2, 0.25) is 12.6 Å². The Morgan fingerprint density at radius 1 is 0.757 bits per heavy atom. The second-order valence-electron chi connectivity index (χ2n) is 11.8. The molecule has 0 saturated carbocycles. The van der Waals surface area contributed by atoms with E-state index in [2.05, 4.69) is 50.7 Å². The highest BCUT2D eigenvalue weighted by Gasteiger charge is 2.41. The summed E-state index contributed by atoms with van der Waals surface area (Å²) in [5.74, 6) is 0.117. The lowest BCUT2D eigenvalue weighted by Gasteiger charge is -2.37. The maximum absolute atomic E-state index is 12.3. The van der Waals surface area contributed by atoms with Gasteiger partial charge in [0.1, 0.15) is 8.07 Å². The van der Waals surface area contributed by atoms with Gasteiger partial charge >= 0.3 is 0 Å². The topological polar surface area (TPSA) is 32.7 Å². The van der Waals surface area contributed by atoms with E-state index in [-0.39, 0.29) is 5.78 Å². The van der Waals surface area contributed by atoms with E-state index in [1.807, 2.05) is 12.2 Å². The molecule has 1 unspecified atom stereocenters. The number of benzene rings is 1. The molecule has 1 aromatic carbocycles. The van der Waals surface area contributed by atoms with Crippen molar-refractivity contribution in [2.45, 2.75) is 122 Å². The molecule has 0 saturated heterocycles. The minimum absolute atomic E-state index is 0.117. The van der Waals surface area contributed by atoms with Gasteiger partial charge < -0.3 is 4.90 Å². The quantitative estimate of drug-likeness (QED) is 0.110. The van der Waals surface area contributed by atoms with Crippen molar-refractivity contribution in [3.63, 3.8) is 0 Å². The number of carbonyl (C=O) groups excluding carboxylic acids is 1. The minimum atomic E-state index is -2.01. The Morgan fingerprint density at radius 2 is 1.30 bits per heavy atom. The molecule has 0 aromatic heterocycles. The average Bonchev–Trinajstić information content (AvgIpc) is 2.89. The Bertz CT molecular complexity index is 961. The number of anilines is 1. The third-order valence-corrected chi connectivity index (χ3v) is 13.0. The fourth-order valence-corrected chi connectivity index (χ4v) is 10.1. The lowest BCUT2D eigenvalue weighted by Crippen LogP contribution is -2.52. The van der Waals surface area contributed by atoms with Gasteiger partial charge in [0.25, 0.3) is 0 Å². The van der Waals surface area contributed by atoms with Crippen LogP contribution < -0.4 is 10.1 Å². The minimum Gasteiger partial charge on any atom is -0.378 e. The summed E-state index contributed by atoms with van der Waals surface area (Å²) in [6.45, 7) is 4.75. The molecule has 0 bridgehead atoms. The van der Waals surface area contributed by atoms with E-state index in [0.717, 1.165) is 11.4 Å². The standard InChI is InChI=1S/C33H52N2OSi/c1-5-6-7-8-9-10-11-12-13-14-15-16-17-18-19-20-25-37(4)32-26-28(35(2)3)21-23-30(32)34-31-24-22-29(36)27-33(31)37/h21-24,26-27H,5-20,25H2,1-4H3. The number of unbranched alkanes of at least 4 members (excludes halogenated alkanes) is 15. The molecule has 0 fully saturated rings. The molecule has 1 heterocycles. The second kappa shape index (κ2) is 15.5. The van der Waals surface area contributed by atoms with Crippen LogP contribution in [0.15, 0.2) is 46.6 Å². The number of carbonyl (C=O) groups is 1.